The number of carbonyl (C=O) groups is 1. The highest BCUT2D eigenvalue weighted by atomic mass is 16.1. The molecule has 1 rings (SSSR count). The lowest BCUT2D eigenvalue weighted by Gasteiger charge is -2.09. The molecule has 0 heterocycles. The van der Waals surface area contributed by atoms with Crippen LogP contribution in [0.4, 0.5) is 5.69 Å². The molecule has 0 saturated heterocycles. The molecule has 16 heavy (non-hydrogen) atoms. The maximum Gasteiger partial charge on any atom is 0.250 e. The molecular formula is C12H19N3O. The van der Waals surface area contributed by atoms with Gasteiger partial charge in [0, 0.05) is 12.2 Å². The number of hydrogen-bond donors (Lipinski definition) is 3. The Morgan fingerprint density at radius 1 is 1.31 bits per heavy atom. The molecule has 88 valence electrons. The highest BCUT2D eigenvalue weighted by molar-refractivity contribution is 5.98. The number of primary amides is 1. The normalized spacial score (nSPS) is 10.1. The van der Waals surface area contributed by atoms with E-state index in [2.05, 4.69) is 17.6 Å². The van der Waals surface area contributed by atoms with Gasteiger partial charge >= 0.3 is 0 Å². The van der Waals surface area contributed by atoms with Gasteiger partial charge < -0.3 is 16.4 Å². The number of benzene rings is 1. The van der Waals surface area contributed by atoms with Gasteiger partial charge in [0.05, 0.1) is 5.56 Å². The van der Waals surface area contributed by atoms with Crippen LogP contribution < -0.4 is 16.4 Å². The second-order valence-electron chi connectivity index (χ2n) is 3.54. The van der Waals surface area contributed by atoms with Crippen molar-refractivity contribution in [3.63, 3.8) is 0 Å². The Bertz CT molecular complexity index is 339. The number of nitrogens with one attached hydrogen (secondary N) is 2. The van der Waals surface area contributed by atoms with E-state index in [0.29, 0.717) is 5.56 Å². The van der Waals surface area contributed by atoms with Crippen LogP contribution in [0.15, 0.2) is 24.3 Å². The van der Waals surface area contributed by atoms with Crippen molar-refractivity contribution in [3.8, 4) is 0 Å². The third kappa shape index (κ3) is 3.90. The predicted molar refractivity (Wildman–Crippen MR) is 66.6 cm³/mol. The summed E-state index contributed by atoms with van der Waals surface area (Å²) in [6.07, 6.45) is 1.01. The summed E-state index contributed by atoms with van der Waals surface area (Å²) in [4.78, 5) is 11.1. The Labute approximate surface area is 96.2 Å². The van der Waals surface area contributed by atoms with Crippen molar-refractivity contribution in [1.29, 1.82) is 0 Å². The lowest BCUT2D eigenvalue weighted by molar-refractivity contribution is 0.100. The first-order chi connectivity index (χ1) is 7.75. The molecule has 0 unspecified atom stereocenters. The van der Waals surface area contributed by atoms with Crippen LogP contribution in [0.25, 0.3) is 0 Å². The van der Waals surface area contributed by atoms with Crippen molar-refractivity contribution in [3.05, 3.63) is 29.8 Å². The first-order valence-corrected chi connectivity index (χ1v) is 5.59. The molecule has 1 amide bonds. The highest BCUT2D eigenvalue weighted by Gasteiger charge is 2.05. The Morgan fingerprint density at radius 3 is 2.75 bits per heavy atom. The molecule has 0 bridgehead atoms. The molecule has 0 aliphatic heterocycles. The van der Waals surface area contributed by atoms with Crippen LogP contribution in [0.3, 0.4) is 0 Å². The number of amides is 1. The smallest absolute Gasteiger partial charge is 0.250 e. The van der Waals surface area contributed by atoms with Gasteiger partial charge in [0.25, 0.3) is 5.91 Å². The largest absolute Gasteiger partial charge is 0.384 e. The third-order valence-corrected chi connectivity index (χ3v) is 2.29. The van der Waals surface area contributed by atoms with Crippen molar-refractivity contribution < 1.29 is 4.79 Å². The van der Waals surface area contributed by atoms with Crippen LogP contribution in [-0.4, -0.2) is 25.5 Å². The molecule has 0 fully saturated rings. The van der Waals surface area contributed by atoms with E-state index in [4.69, 9.17) is 5.73 Å². The molecule has 0 radical (unpaired) electrons. The van der Waals surface area contributed by atoms with E-state index in [-0.39, 0.29) is 0 Å². The molecule has 0 aliphatic carbocycles. The fourth-order valence-electron chi connectivity index (χ4n) is 1.47. The van der Waals surface area contributed by atoms with Crippen molar-refractivity contribution in [2.24, 2.45) is 5.73 Å². The van der Waals surface area contributed by atoms with Gasteiger partial charge in [0.2, 0.25) is 0 Å². The molecule has 0 saturated carbocycles. The van der Waals surface area contributed by atoms with Crippen molar-refractivity contribution in [1.82, 2.24) is 5.32 Å². The van der Waals surface area contributed by atoms with E-state index in [1.54, 1.807) is 6.07 Å². The summed E-state index contributed by atoms with van der Waals surface area (Å²) in [5, 5.41) is 6.45. The summed E-state index contributed by atoms with van der Waals surface area (Å²) in [7, 11) is 0. The minimum absolute atomic E-state index is 0.394. The standard InChI is InChI=1S/C12H19N3O/c1-2-14-8-5-9-15-11-7-4-3-6-10(11)12(13)16/h3-4,6-7,14-15H,2,5,8-9H2,1H3,(H2,13,16). The van der Waals surface area contributed by atoms with E-state index >= 15 is 0 Å². The van der Waals surface area contributed by atoms with Crippen LogP contribution >= 0.6 is 0 Å². The van der Waals surface area contributed by atoms with Crippen LogP contribution in [0.5, 0.6) is 0 Å². The van der Waals surface area contributed by atoms with Crippen molar-refractivity contribution >= 4 is 11.6 Å². The first-order valence-electron chi connectivity index (χ1n) is 5.59. The zero-order valence-corrected chi connectivity index (χ0v) is 9.62. The number of anilines is 1. The van der Waals surface area contributed by atoms with Crippen LogP contribution in [0, 0.1) is 0 Å². The minimum Gasteiger partial charge on any atom is -0.384 e. The molecular weight excluding hydrogens is 202 g/mol. The lowest BCUT2D eigenvalue weighted by Crippen LogP contribution is -2.18. The summed E-state index contributed by atoms with van der Waals surface area (Å²) in [5.74, 6) is -0.394. The Balaban J connectivity index is 2.44. The Hall–Kier alpha value is -1.55. The molecule has 0 atom stereocenters. The summed E-state index contributed by atoms with van der Waals surface area (Å²) in [6.45, 7) is 4.87. The SMILES string of the molecule is CCNCCCNc1ccccc1C(N)=O. The minimum atomic E-state index is -0.394. The predicted octanol–water partition coefficient (Wildman–Crippen LogP) is 1.20. The van der Waals surface area contributed by atoms with Crippen molar-refractivity contribution in [2.45, 2.75) is 13.3 Å². The Kier molecular flexibility index (Phi) is 5.36. The van der Waals surface area contributed by atoms with Gasteiger partial charge in [-0.25, -0.2) is 0 Å². The number of para-hydroxylation sites is 1. The second-order valence-corrected chi connectivity index (χ2v) is 3.54. The van der Waals surface area contributed by atoms with Crippen LogP contribution in [0.1, 0.15) is 23.7 Å². The third-order valence-electron chi connectivity index (χ3n) is 2.29. The van der Waals surface area contributed by atoms with E-state index in [1.165, 1.54) is 0 Å². The molecule has 4 nitrogen and oxygen atoms in total. The summed E-state index contributed by atoms with van der Waals surface area (Å²) < 4.78 is 0. The van der Waals surface area contributed by atoms with E-state index in [9.17, 15) is 4.79 Å². The van der Waals surface area contributed by atoms with Gasteiger partial charge in [0.15, 0.2) is 0 Å². The number of carbonyl (C=O) groups excluding carboxylic acids is 1. The van der Waals surface area contributed by atoms with Gasteiger partial charge in [-0.05, 0) is 31.6 Å². The molecule has 1 aromatic rings. The quantitative estimate of drug-likeness (QED) is 0.606. The van der Waals surface area contributed by atoms with E-state index in [0.717, 1.165) is 31.7 Å². The maximum atomic E-state index is 11.1. The molecule has 0 spiro atoms. The van der Waals surface area contributed by atoms with Gasteiger partial charge in [-0.15, -0.1) is 0 Å². The summed E-state index contributed by atoms with van der Waals surface area (Å²) in [6, 6.07) is 7.30. The highest BCUT2D eigenvalue weighted by Crippen LogP contribution is 2.13. The van der Waals surface area contributed by atoms with Gasteiger partial charge in [0.1, 0.15) is 0 Å². The van der Waals surface area contributed by atoms with E-state index < -0.39 is 5.91 Å². The molecule has 0 aliphatic rings. The fraction of sp³-hybridized carbons (Fsp3) is 0.417. The number of nitrogens with two attached hydrogens (primary N) is 1. The molecule has 1 aromatic carbocycles. The van der Waals surface area contributed by atoms with Crippen molar-refractivity contribution in [2.75, 3.05) is 25.0 Å². The Morgan fingerprint density at radius 2 is 2.06 bits per heavy atom. The van der Waals surface area contributed by atoms with Crippen LogP contribution in [0.2, 0.25) is 0 Å². The zero-order chi connectivity index (χ0) is 11.8. The van der Waals surface area contributed by atoms with Crippen LogP contribution in [-0.2, 0) is 0 Å². The van der Waals surface area contributed by atoms with Gasteiger partial charge in [-0.2, -0.15) is 0 Å². The average Bonchev–Trinajstić information content (AvgIpc) is 2.29. The zero-order valence-electron chi connectivity index (χ0n) is 9.62. The summed E-state index contributed by atoms with van der Waals surface area (Å²) >= 11 is 0. The van der Waals surface area contributed by atoms with E-state index in [1.807, 2.05) is 18.2 Å². The maximum absolute atomic E-state index is 11.1. The van der Waals surface area contributed by atoms with Gasteiger partial charge in [-0.1, -0.05) is 19.1 Å². The molecule has 4 N–H and O–H groups in total. The first kappa shape index (κ1) is 12.5. The molecule has 0 aromatic heterocycles. The van der Waals surface area contributed by atoms with Gasteiger partial charge in [-0.3, -0.25) is 4.79 Å². The molecule has 4 heteroatoms. The fourth-order valence-corrected chi connectivity index (χ4v) is 1.47. The average molecular weight is 221 g/mol. The lowest BCUT2D eigenvalue weighted by atomic mass is 10.1. The monoisotopic (exact) mass is 221 g/mol. The number of rotatable bonds is 7. The number of hydrogen-bond acceptors (Lipinski definition) is 3. The topological polar surface area (TPSA) is 67.2 Å². The summed E-state index contributed by atoms with van der Waals surface area (Å²) in [5.41, 5.74) is 6.63. The second kappa shape index (κ2) is 6.85.